The molecular weight excluding hydrogens is 192 g/mol. The minimum absolute atomic E-state index is 0.425. The third kappa shape index (κ3) is 3.80. The third-order valence-corrected chi connectivity index (χ3v) is 3.30. The first-order chi connectivity index (χ1) is 6.94. The van der Waals surface area contributed by atoms with Crippen molar-refractivity contribution >= 4 is 5.97 Å². The summed E-state index contributed by atoms with van der Waals surface area (Å²) in [4.78, 5) is 13.1. The molecule has 1 aliphatic rings. The summed E-state index contributed by atoms with van der Waals surface area (Å²) in [5.74, 6) is -0.762. The predicted molar refractivity (Wildman–Crippen MR) is 59.9 cm³/mol. The number of carbonyl (C=O) groups is 1. The van der Waals surface area contributed by atoms with E-state index >= 15 is 0 Å². The van der Waals surface area contributed by atoms with Gasteiger partial charge in [-0.1, -0.05) is 13.8 Å². The summed E-state index contributed by atoms with van der Waals surface area (Å²) < 4.78 is 0. The molecule has 0 radical (unpaired) electrons. The topological polar surface area (TPSA) is 52.6 Å². The number of piperidine rings is 1. The zero-order chi connectivity index (χ0) is 11.5. The largest absolute Gasteiger partial charge is 0.480 e. The van der Waals surface area contributed by atoms with Crippen LogP contribution in [0.25, 0.3) is 0 Å². The fourth-order valence-electron chi connectivity index (χ4n) is 1.89. The monoisotopic (exact) mass is 214 g/mol. The Bertz CT molecular complexity index is 219. The average Bonchev–Trinajstić information content (AvgIpc) is 2.15. The smallest absolute Gasteiger partial charge is 0.322 e. The van der Waals surface area contributed by atoms with E-state index in [1.54, 1.807) is 7.05 Å². The zero-order valence-corrected chi connectivity index (χ0v) is 9.92. The quantitative estimate of drug-likeness (QED) is 0.726. The normalized spacial score (nSPS) is 23.7. The number of likely N-dealkylation sites (N-methyl/N-ethyl adjacent to an activating group) is 1. The van der Waals surface area contributed by atoms with Gasteiger partial charge < -0.3 is 15.3 Å². The van der Waals surface area contributed by atoms with E-state index in [-0.39, 0.29) is 0 Å². The van der Waals surface area contributed by atoms with E-state index < -0.39 is 12.0 Å². The molecule has 1 unspecified atom stereocenters. The summed E-state index contributed by atoms with van der Waals surface area (Å²) in [5, 5.41) is 11.7. The van der Waals surface area contributed by atoms with Gasteiger partial charge in [0.25, 0.3) is 0 Å². The molecule has 0 aromatic rings. The van der Waals surface area contributed by atoms with Crippen LogP contribution in [0.5, 0.6) is 0 Å². The Morgan fingerprint density at radius 2 is 2.00 bits per heavy atom. The van der Waals surface area contributed by atoms with Gasteiger partial charge >= 0.3 is 5.97 Å². The highest BCUT2D eigenvalue weighted by atomic mass is 16.4. The summed E-state index contributed by atoms with van der Waals surface area (Å²) >= 11 is 0. The molecule has 1 atom stereocenters. The lowest BCUT2D eigenvalue weighted by molar-refractivity contribution is -0.140. The van der Waals surface area contributed by atoms with Crippen molar-refractivity contribution in [3.63, 3.8) is 0 Å². The molecule has 1 fully saturated rings. The second-order valence-corrected chi connectivity index (χ2v) is 5.14. The lowest BCUT2D eigenvalue weighted by Crippen LogP contribution is -2.48. The molecule has 15 heavy (non-hydrogen) atoms. The van der Waals surface area contributed by atoms with Gasteiger partial charge in [0.2, 0.25) is 0 Å². The molecule has 0 aromatic carbocycles. The summed E-state index contributed by atoms with van der Waals surface area (Å²) in [6, 6.07) is -0.439. The van der Waals surface area contributed by atoms with Crippen LogP contribution in [0.1, 0.15) is 26.7 Å². The van der Waals surface area contributed by atoms with Crippen LogP contribution in [0.4, 0.5) is 0 Å². The molecule has 0 saturated carbocycles. The first-order valence-electron chi connectivity index (χ1n) is 5.57. The maximum Gasteiger partial charge on any atom is 0.322 e. The van der Waals surface area contributed by atoms with Gasteiger partial charge in [0, 0.05) is 6.54 Å². The van der Waals surface area contributed by atoms with Gasteiger partial charge in [0.15, 0.2) is 0 Å². The van der Waals surface area contributed by atoms with Crippen molar-refractivity contribution in [2.75, 3.05) is 26.7 Å². The Kier molecular flexibility index (Phi) is 4.11. The van der Waals surface area contributed by atoms with Crippen molar-refractivity contribution in [1.29, 1.82) is 0 Å². The van der Waals surface area contributed by atoms with E-state index in [4.69, 9.17) is 5.11 Å². The molecule has 0 aliphatic carbocycles. The Labute approximate surface area is 91.6 Å². The fraction of sp³-hybridized carbons (Fsp3) is 0.909. The van der Waals surface area contributed by atoms with Crippen LogP contribution in [-0.2, 0) is 4.79 Å². The van der Waals surface area contributed by atoms with E-state index in [0.29, 0.717) is 12.0 Å². The predicted octanol–water partition coefficient (Wildman–Crippen LogP) is 0.781. The second-order valence-electron chi connectivity index (χ2n) is 5.14. The van der Waals surface area contributed by atoms with Crippen LogP contribution < -0.4 is 5.32 Å². The van der Waals surface area contributed by atoms with Gasteiger partial charge in [-0.2, -0.15) is 0 Å². The number of hydrogen-bond donors (Lipinski definition) is 2. The van der Waals surface area contributed by atoms with Gasteiger partial charge in [-0.3, -0.25) is 4.79 Å². The first kappa shape index (κ1) is 12.5. The van der Waals surface area contributed by atoms with Gasteiger partial charge in [0.05, 0.1) is 0 Å². The minimum atomic E-state index is -0.762. The maximum absolute atomic E-state index is 10.8. The molecule has 2 N–H and O–H groups in total. The average molecular weight is 214 g/mol. The van der Waals surface area contributed by atoms with Crippen LogP contribution in [0.15, 0.2) is 0 Å². The van der Waals surface area contributed by atoms with Gasteiger partial charge in [0.1, 0.15) is 6.04 Å². The van der Waals surface area contributed by atoms with Crippen LogP contribution >= 0.6 is 0 Å². The molecule has 1 aliphatic heterocycles. The van der Waals surface area contributed by atoms with E-state index in [1.807, 2.05) is 0 Å². The van der Waals surface area contributed by atoms with Crippen LogP contribution in [-0.4, -0.2) is 48.7 Å². The van der Waals surface area contributed by atoms with Crippen LogP contribution in [0.3, 0.4) is 0 Å². The third-order valence-electron chi connectivity index (χ3n) is 3.30. The molecule has 1 saturated heterocycles. The molecule has 0 spiro atoms. The molecule has 0 bridgehead atoms. The molecule has 88 valence electrons. The van der Waals surface area contributed by atoms with E-state index in [9.17, 15) is 4.79 Å². The molecule has 0 aromatic heterocycles. The van der Waals surface area contributed by atoms with Crippen LogP contribution in [0.2, 0.25) is 0 Å². The molecule has 4 heteroatoms. The van der Waals surface area contributed by atoms with Crippen LogP contribution in [0, 0.1) is 5.41 Å². The summed E-state index contributed by atoms with van der Waals surface area (Å²) in [6.07, 6.45) is 2.31. The van der Waals surface area contributed by atoms with Crippen molar-refractivity contribution in [2.24, 2.45) is 5.41 Å². The molecular formula is C11H22N2O2. The highest BCUT2D eigenvalue weighted by molar-refractivity contribution is 5.73. The second kappa shape index (κ2) is 4.94. The standard InChI is InChI=1S/C11H22N2O2/c1-11(2)4-6-13(7-5-11)8-9(12-3)10(14)15/h9,12H,4-8H2,1-3H3,(H,14,15). The minimum Gasteiger partial charge on any atom is -0.480 e. The Hall–Kier alpha value is -0.610. The van der Waals surface area contributed by atoms with Crippen molar-refractivity contribution in [3.05, 3.63) is 0 Å². The number of likely N-dealkylation sites (tertiary alicyclic amines) is 1. The number of nitrogens with one attached hydrogen (secondary N) is 1. The summed E-state index contributed by atoms with van der Waals surface area (Å²) in [6.45, 7) is 7.19. The van der Waals surface area contributed by atoms with Crippen molar-refractivity contribution in [2.45, 2.75) is 32.7 Å². The summed E-state index contributed by atoms with van der Waals surface area (Å²) in [7, 11) is 1.70. The van der Waals surface area contributed by atoms with Gasteiger partial charge in [-0.25, -0.2) is 0 Å². The molecule has 1 heterocycles. The maximum atomic E-state index is 10.8. The Balaban J connectivity index is 2.38. The highest BCUT2D eigenvalue weighted by Crippen LogP contribution is 2.29. The molecule has 4 nitrogen and oxygen atoms in total. The lowest BCUT2D eigenvalue weighted by Gasteiger charge is -2.37. The van der Waals surface area contributed by atoms with Crippen molar-refractivity contribution in [1.82, 2.24) is 10.2 Å². The number of nitrogens with zero attached hydrogens (tertiary/aromatic N) is 1. The van der Waals surface area contributed by atoms with Gasteiger partial charge in [-0.05, 0) is 38.4 Å². The zero-order valence-electron chi connectivity index (χ0n) is 9.92. The number of rotatable bonds is 4. The molecule has 0 amide bonds. The van der Waals surface area contributed by atoms with E-state index in [0.717, 1.165) is 25.9 Å². The summed E-state index contributed by atoms with van der Waals surface area (Å²) in [5.41, 5.74) is 0.425. The fourth-order valence-corrected chi connectivity index (χ4v) is 1.89. The number of hydrogen-bond acceptors (Lipinski definition) is 3. The number of aliphatic carboxylic acids is 1. The van der Waals surface area contributed by atoms with Crippen molar-refractivity contribution in [3.8, 4) is 0 Å². The van der Waals surface area contributed by atoms with Crippen molar-refractivity contribution < 1.29 is 9.90 Å². The number of carboxylic acids is 1. The Morgan fingerprint density at radius 1 is 1.47 bits per heavy atom. The van der Waals surface area contributed by atoms with E-state index in [1.165, 1.54) is 0 Å². The Morgan fingerprint density at radius 3 is 2.40 bits per heavy atom. The van der Waals surface area contributed by atoms with Gasteiger partial charge in [-0.15, -0.1) is 0 Å². The first-order valence-corrected chi connectivity index (χ1v) is 5.57. The SMILES string of the molecule is CNC(CN1CCC(C)(C)CC1)C(=O)O. The molecule has 1 rings (SSSR count). The lowest BCUT2D eigenvalue weighted by atomic mass is 9.82. The number of carboxylic acid groups (broad SMARTS) is 1. The highest BCUT2D eigenvalue weighted by Gasteiger charge is 2.27. The van der Waals surface area contributed by atoms with E-state index in [2.05, 4.69) is 24.1 Å².